The molecule has 6 nitrogen and oxygen atoms in total. The van der Waals surface area contributed by atoms with Crippen LogP contribution in [0.3, 0.4) is 0 Å². The zero-order chi connectivity index (χ0) is 12.0. The first-order valence-corrected chi connectivity index (χ1v) is 5.90. The molecule has 1 rings (SSSR count). The summed E-state index contributed by atoms with van der Waals surface area (Å²) in [7, 11) is 3.48. The lowest BCUT2D eigenvalue weighted by molar-refractivity contribution is -0.121. The summed E-state index contributed by atoms with van der Waals surface area (Å²) in [4.78, 5) is 13.3. The first-order chi connectivity index (χ1) is 7.71. The van der Waals surface area contributed by atoms with E-state index in [2.05, 4.69) is 20.2 Å². The number of hydrogen-bond acceptors (Lipinski definition) is 6. The third-order valence-corrected chi connectivity index (χ3v) is 3.04. The zero-order valence-corrected chi connectivity index (χ0v) is 10.6. The van der Waals surface area contributed by atoms with Gasteiger partial charge in [0.05, 0.1) is 6.54 Å². The van der Waals surface area contributed by atoms with Crippen LogP contribution in [0.4, 0.5) is 5.00 Å². The summed E-state index contributed by atoms with van der Waals surface area (Å²) in [5.41, 5.74) is 0.887. The maximum Gasteiger partial charge on any atom is 0.233 e. The van der Waals surface area contributed by atoms with Crippen molar-refractivity contribution in [2.45, 2.75) is 13.5 Å². The van der Waals surface area contributed by atoms with Gasteiger partial charge in [-0.05, 0) is 6.54 Å². The van der Waals surface area contributed by atoms with E-state index in [9.17, 15) is 4.79 Å². The highest BCUT2D eigenvalue weighted by molar-refractivity contribution is 7.10. The van der Waals surface area contributed by atoms with Crippen molar-refractivity contribution in [1.82, 2.24) is 19.8 Å². The number of carbonyl (C=O) groups is 1. The number of nitrogens with zero attached hydrogens (tertiary/aromatic N) is 3. The molecule has 1 aromatic heterocycles. The topological polar surface area (TPSA) is 70.2 Å². The highest BCUT2D eigenvalue weighted by Crippen LogP contribution is 2.18. The van der Waals surface area contributed by atoms with Crippen LogP contribution in [0.5, 0.6) is 0 Å². The van der Waals surface area contributed by atoms with Crippen LogP contribution in [-0.2, 0) is 11.3 Å². The average molecular weight is 243 g/mol. The average Bonchev–Trinajstić information content (AvgIpc) is 2.75. The molecule has 0 saturated heterocycles. The first kappa shape index (κ1) is 12.9. The molecule has 7 heteroatoms. The zero-order valence-electron chi connectivity index (χ0n) is 9.78. The fraction of sp³-hybridized carbons (Fsp3) is 0.667. The molecule has 1 amide bonds. The van der Waals surface area contributed by atoms with Gasteiger partial charge in [-0.15, -0.1) is 5.10 Å². The Morgan fingerprint density at radius 1 is 1.50 bits per heavy atom. The lowest BCUT2D eigenvalue weighted by atomic mass is 10.3. The van der Waals surface area contributed by atoms with Gasteiger partial charge < -0.3 is 10.6 Å². The van der Waals surface area contributed by atoms with E-state index in [4.69, 9.17) is 0 Å². The predicted molar refractivity (Wildman–Crippen MR) is 64.5 cm³/mol. The molecule has 0 bridgehead atoms. The number of aromatic nitrogens is 2. The summed E-state index contributed by atoms with van der Waals surface area (Å²) in [6, 6.07) is 0. The van der Waals surface area contributed by atoms with Gasteiger partial charge in [-0.1, -0.05) is 11.4 Å². The van der Waals surface area contributed by atoms with Crippen molar-refractivity contribution in [3.63, 3.8) is 0 Å². The third-order valence-electron chi connectivity index (χ3n) is 2.25. The molecule has 0 radical (unpaired) electrons. The van der Waals surface area contributed by atoms with E-state index >= 15 is 0 Å². The summed E-state index contributed by atoms with van der Waals surface area (Å²) in [6.07, 6.45) is 0. The Hall–Kier alpha value is -1.21. The molecule has 0 unspecified atom stereocenters. The van der Waals surface area contributed by atoms with Crippen molar-refractivity contribution in [2.24, 2.45) is 0 Å². The molecule has 0 saturated carbocycles. The number of hydrogen-bond donors (Lipinski definition) is 2. The van der Waals surface area contributed by atoms with Crippen molar-refractivity contribution in [3.8, 4) is 0 Å². The molecule has 0 atom stereocenters. The lowest BCUT2D eigenvalue weighted by Crippen LogP contribution is -2.35. The van der Waals surface area contributed by atoms with E-state index in [1.165, 1.54) is 11.5 Å². The molecule has 0 spiro atoms. The normalized spacial score (nSPS) is 10.5. The summed E-state index contributed by atoms with van der Waals surface area (Å²) in [6.45, 7) is 3.83. The minimum absolute atomic E-state index is 0.0102. The largest absolute Gasteiger partial charge is 0.377 e. The smallest absolute Gasteiger partial charge is 0.233 e. The molecule has 0 aromatic carbocycles. The number of rotatable bonds is 6. The van der Waals surface area contributed by atoms with Crippen LogP contribution in [-0.4, -0.2) is 47.6 Å². The van der Waals surface area contributed by atoms with Crippen LogP contribution in [0.15, 0.2) is 0 Å². The van der Waals surface area contributed by atoms with Gasteiger partial charge in [0.25, 0.3) is 0 Å². The van der Waals surface area contributed by atoms with Gasteiger partial charge in [-0.3, -0.25) is 9.69 Å². The maximum atomic E-state index is 11.3. The molecule has 90 valence electrons. The van der Waals surface area contributed by atoms with Gasteiger partial charge in [0, 0.05) is 32.2 Å². The van der Waals surface area contributed by atoms with Crippen molar-refractivity contribution >= 4 is 22.4 Å². The maximum absolute atomic E-state index is 11.3. The number of carbonyl (C=O) groups excluding carboxylic acids is 1. The Kier molecular flexibility index (Phi) is 5.13. The summed E-state index contributed by atoms with van der Waals surface area (Å²) in [5, 5.41) is 10.6. The van der Waals surface area contributed by atoms with Crippen molar-refractivity contribution in [1.29, 1.82) is 0 Å². The first-order valence-electron chi connectivity index (χ1n) is 5.13. The lowest BCUT2D eigenvalue weighted by Gasteiger charge is -2.18. The van der Waals surface area contributed by atoms with E-state index in [0.29, 0.717) is 13.1 Å². The highest BCUT2D eigenvalue weighted by Gasteiger charge is 2.13. The summed E-state index contributed by atoms with van der Waals surface area (Å²) in [5.74, 6) is 0.0102. The molecule has 16 heavy (non-hydrogen) atoms. The van der Waals surface area contributed by atoms with E-state index in [0.717, 1.165) is 17.2 Å². The van der Waals surface area contributed by atoms with Gasteiger partial charge in [-0.25, -0.2) is 0 Å². The number of likely N-dealkylation sites (N-methyl/N-ethyl adjacent to an activating group) is 2. The second kappa shape index (κ2) is 6.39. The molecule has 0 aliphatic carbocycles. The molecule has 0 aliphatic heterocycles. The molecular formula is C9H17N5OS. The van der Waals surface area contributed by atoms with Crippen LogP contribution in [0.1, 0.15) is 12.6 Å². The fourth-order valence-electron chi connectivity index (χ4n) is 1.28. The van der Waals surface area contributed by atoms with E-state index in [-0.39, 0.29) is 5.91 Å². The van der Waals surface area contributed by atoms with Gasteiger partial charge in [0.15, 0.2) is 0 Å². The predicted octanol–water partition coefficient (Wildman–Crippen LogP) is 0.148. The van der Waals surface area contributed by atoms with Gasteiger partial charge in [0.2, 0.25) is 5.91 Å². The third kappa shape index (κ3) is 3.42. The van der Waals surface area contributed by atoms with Crippen molar-refractivity contribution < 1.29 is 4.79 Å². The highest BCUT2D eigenvalue weighted by atomic mass is 32.1. The Morgan fingerprint density at radius 3 is 2.81 bits per heavy atom. The number of anilines is 1. The van der Waals surface area contributed by atoms with Crippen molar-refractivity contribution in [3.05, 3.63) is 5.69 Å². The summed E-state index contributed by atoms with van der Waals surface area (Å²) >= 11 is 1.33. The molecule has 1 heterocycles. The van der Waals surface area contributed by atoms with Gasteiger partial charge in [-0.2, -0.15) is 0 Å². The Labute approximate surface area is 99.2 Å². The van der Waals surface area contributed by atoms with E-state index < -0.39 is 0 Å². The van der Waals surface area contributed by atoms with Crippen LogP contribution < -0.4 is 10.6 Å². The monoisotopic (exact) mass is 243 g/mol. The molecule has 0 aliphatic rings. The summed E-state index contributed by atoms with van der Waals surface area (Å²) < 4.78 is 3.88. The Balaban J connectivity index is 2.59. The van der Waals surface area contributed by atoms with E-state index in [1.54, 1.807) is 7.05 Å². The molecule has 2 N–H and O–H groups in total. The Bertz CT molecular complexity index is 340. The molecule has 1 aromatic rings. The standard InChI is InChI=1S/C9H17N5OS/c1-4-14(6-8(15)10-2)5-7-9(11-3)16-13-12-7/h11H,4-6H2,1-3H3,(H,10,15). The van der Waals surface area contributed by atoms with E-state index in [1.807, 2.05) is 18.9 Å². The number of amides is 1. The van der Waals surface area contributed by atoms with Crippen LogP contribution in [0.25, 0.3) is 0 Å². The minimum Gasteiger partial charge on any atom is -0.377 e. The van der Waals surface area contributed by atoms with Crippen molar-refractivity contribution in [2.75, 3.05) is 32.5 Å². The molecular weight excluding hydrogens is 226 g/mol. The second-order valence-corrected chi connectivity index (χ2v) is 4.03. The Morgan fingerprint density at radius 2 is 2.25 bits per heavy atom. The van der Waals surface area contributed by atoms with Gasteiger partial charge in [0.1, 0.15) is 10.7 Å². The fourth-order valence-corrected chi connectivity index (χ4v) is 1.80. The van der Waals surface area contributed by atoms with Gasteiger partial charge >= 0.3 is 0 Å². The quantitative estimate of drug-likeness (QED) is 0.744. The van der Waals surface area contributed by atoms with Crippen LogP contribution >= 0.6 is 11.5 Å². The SMILES string of the molecule is CCN(CC(=O)NC)Cc1nnsc1NC. The second-order valence-electron chi connectivity index (χ2n) is 3.28. The van der Waals surface area contributed by atoms with Crippen LogP contribution in [0, 0.1) is 0 Å². The van der Waals surface area contributed by atoms with Crippen LogP contribution in [0.2, 0.25) is 0 Å². The minimum atomic E-state index is 0.0102. The molecule has 0 fully saturated rings. The number of nitrogens with one attached hydrogen (secondary N) is 2.